The van der Waals surface area contributed by atoms with E-state index in [9.17, 15) is 8.78 Å². The van der Waals surface area contributed by atoms with Gasteiger partial charge in [-0.1, -0.05) is 18.2 Å². The second-order valence-electron chi connectivity index (χ2n) is 6.55. The van der Waals surface area contributed by atoms with Crippen molar-refractivity contribution < 1.29 is 8.78 Å². The largest absolute Gasteiger partial charge is 0.369 e. The number of benzene rings is 2. The smallest absolute Gasteiger partial charge is 0.147 e. The minimum Gasteiger partial charge on any atom is -0.369 e. The molecule has 1 aliphatic rings. The standard InChI is InChI=1S/C20H21F2N5/c21-16-4-2-1-3-14(16)5-6-24-20-15-11-17(22)19(12-18(15)25-13-26-20)27-9-7-23-8-10-27/h1-4,11-13,23H,5-10H2,(H,24,25,26). The Morgan fingerprint density at radius 3 is 2.67 bits per heavy atom. The van der Waals surface area contributed by atoms with E-state index in [4.69, 9.17) is 0 Å². The van der Waals surface area contributed by atoms with E-state index >= 15 is 0 Å². The van der Waals surface area contributed by atoms with Crippen molar-refractivity contribution in [3.8, 4) is 0 Å². The van der Waals surface area contributed by atoms with Crippen LogP contribution in [0.4, 0.5) is 20.3 Å². The van der Waals surface area contributed by atoms with Crippen LogP contribution in [0, 0.1) is 11.6 Å². The molecule has 2 N–H and O–H groups in total. The molecule has 2 heterocycles. The molecule has 0 radical (unpaired) electrons. The van der Waals surface area contributed by atoms with E-state index in [-0.39, 0.29) is 11.6 Å². The first-order chi connectivity index (χ1) is 13.2. The summed E-state index contributed by atoms with van der Waals surface area (Å²) in [6.07, 6.45) is 1.98. The van der Waals surface area contributed by atoms with Crippen molar-refractivity contribution in [2.45, 2.75) is 6.42 Å². The Labute approximate surface area is 156 Å². The maximum Gasteiger partial charge on any atom is 0.147 e. The molecule has 7 heteroatoms. The topological polar surface area (TPSA) is 53.1 Å². The van der Waals surface area contributed by atoms with Gasteiger partial charge < -0.3 is 15.5 Å². The number of fused-ring (bicyclic) bond motifs is 1. The van der Waals surface area contributed by atoms with E-state index in [0.717, 1.165) is 26.2 Å². The molecule has 0 unspecified atom stereocenters. The molecule has 140 valence electrons. The average molecular weight is 369 g/mol. The van der Waals surface area contributed by atoms with Crippen molar-refractivity contribution >= 4 is 22.4 Å². The van der Waals surface area contributed by atoms with Crippen molar-refractivity contribution in [2.75, 3.05) is 42.9 Å². The number of nitrogens with zero attached hydrogens (tertiary/aromatic N) is 3. The molecule has 1 saturated heterocycles. The zero-order valence-electron chi connectivity index (χ0n) is 14.9. The highest BCUT2D eigenvalue weighted by molar-refractivity contribution is 5.91. The lowest BCUT2D eigenvalue weighted by atomic mass is 10.1. The number of hydrogen-bond donors (Lipinski definition) is 2. The van der Waals surface area contributed by atoms with Gasteiger partial charge in [0.25, 0.3) is 0 Å². The average Bonchev–Trinajstić information content (AvgIpc) is 2.70. The lowest BCUT2D eigenvalue weighted by Crippen LogP contribution is -2.43. The van der Waals surface area contributed by atoms with Crippen molar-refractivity contribution in [3.63, 3.8) is 0 Å². The predicted molar refractivity (Wildman–Crippen MR) is 103 cm³/mol. The molecule has 0 spiro atoms. The van der Waals surface area contributed by atoms with Crippen LogP contribution in [-0.2, 0) is 6.42 Å². The molecule has 4 rings (SSSR count). The van der Waals surface area contributed by atoms with Crippen molar-refractivity contribution in [1.29, 1.82) is 0 Å². The Bertz CT molecular complexity index is 941. The number of nitrogens with one attached hydrogen (secondary N) is 2. The molecule has 0 saturated carbocycles. The number of hydrogen-bond acceptors (Lipinski definition) is 5. The molecule has 1 aromatic heterocycles. The summed E-state index contributed by atoms with van der Waals surface area (Å²) in [6, 6.07) is 9.95. The summed E-state index contributed by atoms with van der Waals surface area (Å²) in [5, 5.41) is 7.07. The molecule has 2 aromatic carbocycles. The van der Waals surface area contributed by atoms with Crippen LogP contribution in [-0.4, -0.2) is 42.7 Å². The van der Waals surface area contributed by atoms with Gasteiger partial charge >= 0.3 is 0 Å². The van der Waals surface area contributed by atoms with Gasteiger partial charge in [-0.25, -0.2) is 18.7 Å². The van der Waals surface area contributed by atoms with E-state index in [1.165, 1.54) is 18.5 Å². The summed E-state index contributed by atoms with van der Waals surface area (Å²) in [5.41, 5.74) is 1.89. The Morgan fingerprint density at radius 1 is 1.04 bits per heavy atom. The summed E-state index contributed by atoms with van der Waals surface area (Å²) in [4.78, 5) is 10.6. The van der Waals surface area contributed by atoms with Crippen LogP contribution >= 0.6 is 0 Å². The molecule has 0 aliphatic carbocycles. The number of rotatable bonds is 5. The first-order valence-electron chi connectivity index (χ1n) is 9.09. The predicted octanol–water partition coefficient (Wildman–Crippen LogP) is 2.97. The van der Waals surface area contributed by atoms with E-state index in [0.29, 0.717) is 40.9 Å². The maximum atomic E-state index is 14.7. The molecule has 1 aliphatic heterocycles. The zero-order valence-corrected chi connectivity index (χ0v) is 14.9. The van der Waals surface area contributed by atoms with Crippen molar-refractivity contribution in [1.82, 2.24) is 15.3 Å². The third kappa shape index (κ3) is 3.83. The number of anilines is 2. The summed E-state index contributed by atoms with van der Waals surface area (Å²) >= 11 is 0. The summed E-state index contributed by atoms with van der Waals surface area (Å²) in [7, 11) is 0. The molecule has 27 heavy (non-hydrogen) atoms. The fraction of sp³-hybridized carbons (Fsp3) is 0.300. The highest BCUT2D eigenvalue weighted by atomic mass is 19.1. The molecule has 3 aromatic rings. The molecule has 0 amide bonds. The van der Waals surface area contributed by atoms with E-state index < -0.39 is 0 Å². The molecular weight excluding hydrogens is 348 g/mol. The van der Waals surface area contributed by atoms with Crippen LogP contribution < -0.4 is 15.5 Å². The van der Waals surface area contributed by atoms with E-state index in [2.05, 4.69) is 20.6 Å². The Hall–Kier alpha value is -2.80. The second kappa shape index (κ2) is 7.84. The third-order valence-corrected chi connectivity index (χ3v) is 4.81. The number of aromatic nitrogens is 2. The van der Waals surface area contributed by atoms with Gasteiger partial charge in [0, 0.05) is 38.1 Å². The summed E-state index contributed by atoms with van der Waals surface area (Å²) in [6.45, 7) is 3.70. The SMILES string of the molecule is Fc1ccccc1CCNc1ncnc2cc(N3CCNCC3)c(F)cc12. The number of piperazine rings is 1. The van der Waals surface area contributed by atoms with Gasteiger partial charge in [-0.2, -0.15) is 0 Å². The van der Waals surface area contributed by atoms with E-state index in [1.54, 1.807) is 18.2 Å². The minimum absolute atomic E-state index is 0.224. The fourth-order valence-corrected chi connectivity index (χ4v) is 3.37. The fourth-order valence-electron chi connectivity index (χ4n) is 3.37. The monoisotopic (exact) mass is 369 g/mol. The van der Waals surface area contributed by atoms with Crippen LogP contribution in [0.3, 0.4) is 0 Å². The van der Waals surface area contributed by atoms with Gasteiger partial charge in [-0.3, -0.25) is 0 Å². The van der Waals surface area contributed by atoms with Crippen LogP contribution in [0.2, 0.25) is 0 Å². The molecular formula is C20H21F2N5. The maximum absolute atomic E-state index is 14.7. The number of halogens is 2. The van der Waals surface area contributed by atoms with Gasteiger partial charge in [0.05, 0.1) is 11.2 Å². The Kier molecular flexibility index (Phi) is 5.11. The second-order valence-corrected chi connectivity index (χ2v) is 6.55. The van der Waals surface area contributed by atoms with Gasteiger partial charge in [-0.05, 0) is 30.2 Å². The minimum atomic E-state index is -0.281. The first kappa shape index (κ1) is 17.6. The van der Waals surface area contributed by atoms with Gasteiger partial charge in [-0.15, -0.1) is 0 Å². The van der Waals surface area contributed by atoms with E-state index in [1.807, 2.05) is 11.0 Å². The zero-order chi connectivity index (χ0) is 18.6. The van der Waals surface area contributed by atoms with Crippen LogP contribution in [0.25, 0.3) is 10.9 Å². The lowest BCUT2D eigenvalue weighted by molar-refractivity contribution is 0.567. The molecule has 5 nitrogen and oxygen atoms in total. The summed E-state index contributed by atoms with van der Waals surface area (Å²) < 4.78 is 28.5. The van der Waals surface area contributed by atoms with Gasteiger partial charge in [0.2, 0.25) is 0 Å². The first-order valence-corrected chi connectivity index (χ1v) is 9.09. The highest BCUT2D eigenvalue weighted by Crippen LogP contribution is 2.28. The van der Waals surface area contributed by atoms with Crippen molar-refractivity contribution in [3.05, 3.63) is 59.9 Å². The van der Waals surface area contributed by atoms with Crippen molar-refractivity contribution in [2.24, 2.45) is 0 Å². The normalized spacial score (nSPS) is 14.5. The van der Waals surface area contributed by atoms with Gasteiger partial charge in [0.15, 0.2) is 0 Å². The Balaban J connectivity index is 1.55. The Morgan fingerprint density at radius 2 is 1.85 bits per heavy atom. The van der Waals surface area contributed by atoms with Crippen LogP contribution in [0.1, 0.15) is 5.56 Å². The molecule has 1 fully saturated rings. The highest BCUT2D eigenvalue weighted by Gasteiger charge is 2.17. The summed E-state index contributed by atoms with van der Waals surface area (Å²) in [5.74, 6) is 0.0528. The quantitative estimate of drug-likeness (QED) is 0.724. The van der Waals surface area contributed by atoms with Crippen LogP contribution in [0.15, 0.2) is 42.7 Å². The third-order valence-electron chi connectivity index (χ3n) is 4.81. The van der Waals surface area contributed by atoms with Gasteiger partial charge in [0.1, 0.15) is 23.8 Å². The molecule has 0 atom stereocenters. The molecule has 0 bridgehead atoms. The van der Waals surface area contributed by atoms with Crippen LogP contribution in [0.5, 0.6) is 0 Å². The lowest BCUT2D eigenvalue weighted by Gasteiger charge is -2.29.